The Morgan fingerprint density at radius 2 is 1.72 bits per heavy atom. The molecule has 2 aliphatic rings. The molecule has 2 rings (SSSR count). The minimum absolute atomic E-state index is 0.946. The number of piperidine rings is 1. The van der Waals surface area contributed by atoms with Gasteiger partial charge in [-0.15, -0.1) is 0 Å². The van der Waals surface area contributed by atoms with Crippen LogP contribution in [0, 0.1) is 5.92 Å². The third-order valence-electron chi connectivity index (χ3n) is 5.30. The van der Waals surface area contributed by atoms with Gasteiger partial charge in [-0.3, -0.25) is 4.90 Å². The predicted molar refractivity (Wildman–Crippen MR) is 79.9 cm³/mol. The van der Waals surface area contributed by atoms with E-state index in [1.54, 1.807) is 0 Å². The van der Waals surface area contributed by atoms with Crippen LogP contribution >= 0.6 is 0 Å². The number of nitrogens with zero attached hydrogens (tertiary/aromatic N) is 1. The van der Waals surface area contributed by atoms with Gasteiger partial charge in [0.15, 0.2) is 0 Å². The van der Waals surface area contributed by atoms with Crippen molar-refractivity contribution >= 4 is 0 Å². The van der Waals surface area contributed by atoms with E-state index in [-0.39, 0.29) is 0 Å². The van der Waals surface area contributed by atoms with Crippen molar-refractivity contribution in [3.63, 3.8) is 0 Å². The molecule has 0 aromatic rings. The molecule has 2 fully saturated rings. The standard InChI is InChI=1S/C17H33N/c1-3-5-7-10-16-13-12-15(9-6-4-2)17-11-8-14-18(16)17/h15-17H,3-14H2,1-2H3/t15-,16-,17+/m1/s1. The fourth-order valence-corrected chi connectivity index (χ4v) is 4.28. The lowest BCUT2D eigenvalue weighted by Crippen LogP contribution is -2.47. The van der Waals surface area contributed by atoms with Gasteiger partial charge in [-0.2, -0.15) is 0 Å². The summed E-state index contributed by atoms with van der Waals surface area (Å²) in [7, 11) is 0. The molecular weight excluding hydrogens is 218 g/mol. The maximum absolute atomic E-state index is 2.92. The van der Waals surface area contributed by atoms with Crippen LogP contribution in [0.3, 0.4) is 0 Å². The van der Waals surface area contributed by atoms with Crippen LogP contribution in [0.15, 0.2) is 0 Å². The van der Waals surface area contributed by atoms with E-state index in [2.05, 4.69) is 18.7 Å². The Morgan fingerprint density at radius 1 is 0.889 bits per heavy atom. The van der Waals surface area contributed by atoms with Crippen molar-refractivity contribution in [1.29, 1.82) is 0 Å². The number of fused-ring (bicyclic) bond motifs is 1. The van der Waals surface area contributed by atoms with Gasteiger partial charge in [-0.05, 0) is 51.0 Å². The monoisotopic (exact) mass is 251 g/mol. The molecule has 2 saturated heterocycles. The predicted octanol–water partition coefficient (Wildman–Crippen LogP) is 5.00. The van der Waals surface area contributed by atoms with E-state index >= 15 is 0 Å². The molecule has 0 aliphatic carbocycles. The van der Waals surface area contributed by atoms with Crippen molar-refractivity contribution in [3.05, 3.63) is 0 Å². The van der Waals surface area contributed by atoms with Crippen LogP contribution in [-0.2, 0) is 0 Å². The molecule has 1 nitrogen and oxygen atoms in total. The molecule has 106 valence electrons. The van der Waals surface area contributed by atoms with E-state index in [0.717, 1.165) is 18.0 Å². The highest BCUT2D eigenvalue weighted by Crippen LogP contribution is 2.39. The molecule has 0 N–H and O–H groups in total. The van der Waals surface area contributed by atoms with E-state index in [0.29, 0.717) is 0 Å². The molecule has 18 heavy (non-hydrogen) atoms. The van der Waals surface area contributed by atoms with Crippen molar-refractivity contribution < 1.29 is 0 Å². The van der Waals surface area contributed by atoms with Gasteiger partial charge in [0.2, 0.25) is 0 Å². The summed E-state index contributed by atoms with van der Waals surface area (Å²) in [6, 6.07) is 1.92. The molecule has 2 aliphatic heterocycles. The van der Waals surface area contributed by atoms with Gasteiger partial charge in [-0.25, -0.2) is 0 Å². The summed E-state index contributed by atoms with van der Waals surface area (Å²) in [6.07, 6.45) is 16.1. The maximum atomic E-state index is 2.92. The number of unbranched alkanes of at least 4 members (excludes halogenated alkanes) is 3. The van der Waals surface area contributed by atoms with Gasteiger partial charge in [-0.1, -0.05) is 46.0 Å². The van der Waals surface area contributed by atoms with Gasteiger partial charge >= 0.3 is 0 Å². The summed E-state index contributed by atoms with van der Waals surface area (Å²) >= 11 is 0. The van der Waals surface area contributed by atoms with E-state index in [9.17, 15) is 0 Å². The molecule has 2 heterocycles. The largest absolute Gasteiger partial charge is 0.297 e. The Kier molecular flexibility index (Phi) is 6.01. The van der Waals surface area contributed by atoms with Crippen molar-refractivity contribution in [1.82, 2.24) is 4.90 Å². The first-order valence-electron chi connectivity index (χ1n) is 8.62. The van der Waals surface area contributed by atoms with E-state index in [4.69, 9.17) is 0 Å². The van der Waals surface area contributed by atoms with Crippen LogP contribution < -0.4 is 0 Å². The summed E-state index contributed by atoms with van der Waals surface area (Å²) in [5.74, 6) is 1.04. The Hall–Kier alpha value is -0.0400. The highest BCUT2D eigenvalue weighted by atomic mass is 15.2. The van der Waals surface area contributed by atoms with Crippen LogP contribution in [-0.4, -0.2) is 23.5 Å². The molecule has 0 aromatic heterocycles. The van der Waals surface area contributed by atoms with Gasteiger partial charge in [0.05, 0.1) is 0 Å². The van der Waals surface area contributed by atoms with Crippen LogP contribution in [0.4, 0.5) is 0 Å². The molecule has 0 saturated carbocycles. The second-order valence-corrected chi connectivity index (χ2v) is 6.58. The number of hydrogen-bond donors (Lipinski definition) is 0. The highest BCUT2D eigenvalue weighted by Gasteiger charge is 2.38. The van der Waals surface area contributed by atoms with Crippen molar-refractivity contribution in [2.75, 3.05) is 6.54 Å². The first-order valence-corrected chi connectivity index (χ1v) is 8.62. The highest BCUT2D eigenvalue weighted by molar-refractivity contribution is 4.93. The quantitative estimate of drug-likeness (QED) is 0.576. The average Bonchev–Trinajstić information content (AvgIpc) is 2.87. The fraction of sp³-hybridized carbons (Fsp3) is 1.00. The smallest absolute Gasteiger partial charge is 0.0127 e. The Labute approximate surface area is 114 Å². The summed E-state index contributed by atoms with van der Waals surface area (Å²) in [5, 5.41) is 0. The summed E-state index contributed by atoms with van der Waals surface area (Å²) in [6.45, 7) is 6.06. The third-order valence-corrected chi connectivity index (χ3v) is 5.30. The molecule has 3 atom stereocenters. The summed E-state index contributed by atoms with van der Waals surface area (Å²) in [4.78, 5) is 2.92. The third kappa shape index (κ3) is 3.50. The minimum Gasteiger partial charge on any atom is -0.297 e. The zero-order valence-electron chi connectivity index (χ0n) is 12.7. The lowest BCUT2D eigenvalue weighted by Gasteiger charge is -2.43. The minimum atomic E-state index is 0.946. The van der Waals surface area contributed by atoms with Gasteiger partial charge in [0, 0.05) is 12.1 Å². The molecule has 0 aromatic carbocycles. The van der Waals surface area contributed by atoms with Crippen molar-refractivity contribution in [3.8, 4) is 0 Å². The molecule has 1 heteroatoms. The van der Waals surface area contributed by atoms with Crippen LogP contribution in [0.5, 0.6) is 0 Å². The van der Waals surface area contributed by atoms with E-state index < -0.39 is 0 Å². The normalized spacial score (nSPS) is 32.7. The van der Waals surface area contributed by atoms with Gasteiger partial charge in [0.1, 0.15) is 0 Å². The summed E-state index contributed by atoms with van der Waals surface area (Å²) in [5.41, 5.74) is 0. The topological polar surface area (TPSA) is 3.24 Å². The van der Waals surface area contributed by atoms with E-state index in [1.807, 2.05) is 0 Å². The van der Waals surface area contributed by atoms with Crippen molar-refractivity contribution in [2.45, 2.75) is 96.6 Å². The lowest BCUT2D eigenvalue weighted by molar-refractivity contribution is 0.0629. The zero-order valence-corrected chi connectivity index (χ0v) is 12.7. The molecular formula is C17H33N. The first-order chi connectivity index (χ1) is 8.86. The molecule has 0 radical (unpaired) electrons. The van der Waals surface area contributed by atoms with E-state index in [1.165, 1.54) is 77.2 Å². The Bertz CT molecular complexity index is 226. The molecule has 0 unspecified atom stereocenters. The zero-order chi connectivity index (χ0) is 12.8. The molecule has 0 spiro atoms. The van der Waals surface area contributed by atoms with Crippen molar-refractivity contribution in [2.24, 2.45) is 5.92 Å². The molecule has 0 bridgehead atoms. The number of hydrogen-bond acceptors (Lipinski definition) is 1. The van der Waals surface area contributed by atoms with Crippen LogP contribution in [0.1, 0.15) is 84.5 Å². The van der Waals surface area contributed by atoms with Crippen LogP contribution in [0.25, 0.3) is 0 Å². The van der Waals surface area contributed by atoms with Gasteiger partial charge in [0.25, 0.3) is 0 Å². The first kappa shape index (κ1) is 14.4. The number of rotatable bonds is 7. The van der Waals surface area contributed by atoms with Gasteiger partial charge < -0.3 is 0 Å². The molecule has 0 amide bonds. The second-order valence-electron chi connectivity index (χ2n) is 6.58. The second kappa shape index (κ2) is 7.53. The SMILES string of the molecule is CCCCC[C@@H]1CC[C@@H](CCCC)[C@@H]2CCCN12. The summed E-state index contributed by atoms with van der Waals surface area (Å²) < 4.78 is 0. The Morgan fingerprint density at radius 3 is 2.50 bits per heavy atom. The lowest BCUT2D eigenvalue weighted by atomic mass is 9.81. The Balaban J connectivity index is 1.83. The maximum Gasteiger partial charge on any atom is 0.0127 e. The fourth-order valence-electron chi connectivity index (χ4n) is 4.28. The average molecular weight is 251 g/mol. The van der Waals surface area contributed by atoms with Crippen LogP contribution in [0.2, 0.25) is 0 Å².